The van der Waals surface area contributed by atoms with E-state index in [1.54, 1.807) is 12.1 Å². The molecule has 4 nitrogen and oxygen atoms in total. The van der Waals surface area contributed by atoms with Gasteiger partial charge in [0.15, 0.2) is 0 Å². The van der Waals surface area contributed by atoms with Crippen LogP contribution < -0.4 is 5.32 Å². The summed E-state index contributed by atoms with van der Waals surface area (Å²) in [7, 11) is 0. The Balaban J connectivity index is 2.05. The molecule has 0 saturated heterocycles. The van der Waals surface area contributed by atoms with Crippen LogP contribution >= 0.6 is 0 Å². The van der Waals surface area contributed by atoms with Crippen LogP contribution in [0.1, 0.15) is 18.4 Å². The number of nitrogens with one attached hydrogen (secondary N) is 1. The summed E-state index contributed by atoms with van der Waals surface area (Å²) in [6.07, 6.45) is 0. The van der Waals surface area contributed by atoms with Crippen LogP contribution in [0.25, 0.3) is 11.1 Å². The normalized spacial score (nSPS) is 16.8. The summed E-state index contributed by atoms with van der Waals surface area (Å²) in [6.45, 7) is 3.13. The lowest BCUT2D eigenvalue weighted by Gasteiger charge is -2.07. The number of hydrogen-bond acceptors (Lipinski definition) is 3. The summed E-state index contributed by atoms with van der Waals surface area (Å²) in [6, 6.07) is 12.9. The van der Waals surface area contributed by atoms with Crippen molar-refractivity contribution in [3.05, 3.63) is 58.1 Å². The summed E-state index contributed by atoms with van der Waals surface area (Å²) < 4.78 is 0. The van der Waals surface area contributed by atoms with Gasteiger partial charge in [0, 0.05) is 30.3 Å². The monoisotopic (exact) mass is 254 g/mol. The van der Waals surface area contributed by atoms with Crippen molar-refractivity contribution in [2.24, 2.45) is 0 Å². The minimum Gasteiger partial charge on any atom is -0.384 e. The molecule has 0 fully saturated rings. The summed E-state index contributed by atoms with van der Waals surface area (Å²) >= 11 is 0. The largest absolute Gasteiger partial charge is 0.384 e. The van der Waals surface area contributed by atoms with Gasteiger partial charge in [-0.1, -0.05) is 25.1 Å². The average Bonchev–Trinajstić information content (AvgIpc) is 2.80. The van der Waals surface area contributed by atoms with Gasteiger partial charge >= 0.3 is 0 Å². The fourth-order valence-electron chi connectivity index (χ4n) is 2.48. The summed E-state index contributed by atoms with van der Waals surface area (Å²) in [5.74, 6) is 0.480. The smallest absolute Gasteiger partial charge is 0.270 e. The van der Waals surface area contributed by atoms with Gasteiger partial charge in [0.05, 0.1) is 4.92 Å². The lowest BCUT2D eigenvalue weighted by atomic mass is 9.97. The van der Waals surface area contributed by atoms with E-state index in [0.29, 0.717) is 5.92 Å². The number of hydrogen-bond donors (Lipinski definition) is 1. The van der Waals surface area contributed by atoms with Crippen LogP contribution in [0, 0.1) is 10.1 Å². The topological polar surface area (TPSA) is 55.2 Å². The Labute approximate surface area is 111 Å². The number of fused-ring (bicyclic) bond motifs is 1. The zero-order valence-electron chi connectivity index (χ0n) is 10.6. The van der Waals surface area contributed by atoms with E-state index >= 15 is 0 Å². The third kappa shape index (κ3) is 2.05. The Morgan fingerprint density at radius 2 is 2.00 bits per heavy atom. The summed E-state index contributed by atoms with van der Waals surface area (Å²) in [4.78, 5) is 10.5. The zero-order chi connectivity index (χ0) is 13.4. The standard InChI is InChI=1S/C15H14N2O2/c1-10-9-16-15-6-5-12(8-14(10)15)11-3-2-4-13(7-11)17(18)19/h2-8,10,16H,9H2,1H3. The van der Waals surface area contributed by atoms with Crippen molar-refractivity contribution < 1.29 is 4.92 Å². The number of anilines is 1. The number of non-ortho nitro benzene ring substituents is 1. The van der Waals surface area contributed by atoms with E-state index in [4.69, 9.17) is 0 Å². The first kappa shape index (κ1) is 11.7. The first-order chi connectivity index (χ1) is 9.15. The molecule has 1 heterocycles. The second kappa shape index (κ2) is 4.39. The molecule has 19 heavy (non-hydrogen) atoms. The van der Waals surface area contributed by atoms with E-state index in [1.165, 1.54) is 17.3 Å². The van der Waals surface area contributed by atoms with Gasteiger partial charge in [0.2, 0.25) is 0 Å². The maximum absolute atomic E-state index is 10.8. The molecule has 96 valence electrons. The summed E-state index contributed by atoms with van der Waals surface area (Å²) in [5, 5.41) is 14.2. The number of rotatable bonds is 2. The van der Waals surface area contributed by atoms with Crippen molar-refractivity contribution >= 4 is 11.4 Å². The third-order valence-electron chi connectivity index (χ3n) is 3.57. The predicted molar refractivity (Wildman–Crippen MR) is 75.4 cm³/mol. The van der Waals surface area contributed by atoms with Crippen LogP contribution in [-0.4, -0.2) is 11.5 Å². The highest BCUT2D eigenvalue weighted by Crippen LogP contribution is 2.35. The Morgan fingerprint density at radius 3 is 2.79 bits per heavy atom. The van der Waals surface area contributed by atoms with Crippen molar-refractivity contribution in [2.45, 2.75) is 12.8 Å². The Hall–Kier alpha value is -2.36. The summed E-state index contributed by atoms with van der Waals surface area (Å²) in [5.41, 5.74) is 4.49. The fourth-order valence-corrected chi connectivity index (χ4v) is 2.48. The molecule has 1 aliphatic rings. The van der Waals surface area contributed by atoms with Crippen LogP contribution in [-0.2, 0) is 0 Å². The molecule has 0 amide bonds. The van der Waals surface area contributed by atoms with Gasteiger partial charge in [-0.25, -0.2) is 0 Å². The lowest BCUT2D eigenvalue weighted by molar-refractivity contribution is -0.384. The van der Waals surface area contributed by atoms with E-state index in [0.717, 1.165) is 17.7 Å². The molecule has 0 aliphatic carbocycles. The molecular weight excluding hydrogens is 240 g/mol. The van der Waals surface area contributed by atoms with E-state index < -0.39 is 0 Å². The van der Waals surface area contributed by atoms with Crippen molar-refractivity contribution in [2.75, 3.05) is 11.9 Å². The average molecular weight is 254 g/mol. The van der Waals surface area contributed by atoms with Crippen molar-refractivity contribution in [1.82, 2.24) is 0 Å². The molecule has 2 aromatic rings. The van der Waals surface area contributed by atoms with E-state index in [1.807, 2.05) is 18.2 Å². The molecule has 1 unspecified atom stereocenters. The molecule has 0 bridgehead atoms. The highest BCUT2D eigenvalue weighted by molar-refractivity contribution is 5.72. The molecule has 3 rings (SSSR count). The Morgan fingerprint density at radius 1 is 1.21 bits per heavy atom. The van der Waals surface area contributed by atoms with Crippen molar-refractivity contribution in [3.8, 4) is 11.1 Å². The zero-order valence-corrected chi connectivity index (χ0v) is 10.6. The third-order valence-corrected chi connectivity index (χ3v) is 3.57. The molecule has 1 atom stereocenters. The maximum Gasteiger partial charge on any atom is 0.270 e. The minimum absolute atomic E-state index is 0.129. The van der Waals surface area contributed by atoms with E-state index in [-0.39, 0.29) is 10.6 Å². The van der Waals surface area contributed by atoms with Crippen LogP contribution in [0.2, 0.25) is 0 Å². The molecule has 1 N–H and O–H groups in total. The van der Waals surface area contributed by atoms with Crippen molar-refractivity contribution in [3.63, 3.8) is 0 Å². The fraction of sp³-hybridized carbons (Fsp3) is 0.200. The number of nitro groups is 1. The second-order valence-corrected chi connectivity index (χ2v) is 4.89. The Kier molecular flexibility index (Phi) is 2.71. The predicted octanol–water partition coefficient (Wildman–Crippen LogP) is 3.79. The quantitative estimate of drug-likeness (QED) is 0.655. The molecule has 0 spiro atoms. The van der Waals surface area contributed by atoms with Crippen LogP contribution in [0.15, 0.2) is 42.5 Å². The van der Waals surface area contributed by atoms with Crippen LogP contribution in [0.3, 0.4) is 0 Å². The van der Waals surface area contributed by atoms with Crippen molar-refractivity contribution in [1.29, 1.82) is 0 Å². The molecule has 0 aromatic heterocycles. The number of nitro benzene ring substituents is 1. The Bertz CT molecular complexity index is 652. The molecule has 0 saturated carbocycles. The first-order valence-corrected chi connectivity index (χ1v) is 6.28. The lowest BCUT2D eigenvalue weighted by Crippen LogP contribution is -1.95. The highest BCUT2D eigenvalue weighted by Gasteiger charge is 2.18. The second-order valence-electron chi connectivity index (χ2n) is 4.89. The van der Waals surface area contributed by atoms with Crippen LogP contribution in [0.5, 0.6) is 0 Å². The number of benzene rings is 2. The highest BCUT2D eigenvalue weighted by atomic mass is 16.6. The first-order valence-electron chi connectivity index (χ1n) is 6.28. The minimum atomic E-state index is -0.360. The maximum atomic E-state index is 10.8. The molecule has 1 aliphatic heterocycles. The SMILES string of the molecule is CC1CNc2ccc(-c3cccc([N+](=O)[O-])c3)cc21. The molecule has 0 radical (unpaired) electrons. The van der Waals surface area contributed by atoms with E-state index in [2.05, 4.69) is 18.3 Å². The van der Waals surface area contributed by atoms with Gasteiger partial charge in [0.1, 0.15) is 0 Å². The van der Waals surface area contributed by atoms with Gasteiger partial charge in [-0.2, -0.15) is 0 Å². The van der Waals surface area contributed by atoms with Crippen LogP contribution in [0.4, 0.5) is 11.4 Å². The van der Waals surface area contributed by atoms with Gasteiger partial charge in [0.25, 0.3) is 5.69 Å². The van der Waals surface area contributed by atoms with Gasteiger partial charge in [-0.3, -0.25) is 10.1 Å². The molecule has 2 aromatic carbocycles. The molecule has 4 heteroatoms. The van der Waals surface area contributed by atoms with Gasteiger partial charge < -0.3 is 5.32 Å². The number of nitrogens with zero attached hydrogens (tertiary/aromatic N) is 1. The van der Waals surface area contributed by atoms with Gasteiger partial charge in [-0.15, -0.1) is 0 Å². The van der Waals surface area contributed by atoms with Gasteiger partial charge in [-0.05, 0) is 28.8 Å². The molecular formula is C15H14N2O2. The van der Waals surface area contributed by atoms with E-state index in [9.17, 15) is 10.1 Å².